The lowest BCUT2D eigenvalue weighted by Crippen LogP contribution is -2.30. The van der Waals surface area contributed by atoms with Gasteiger partial charge in [-0.2, -0.15) is 0 Å². The molecule has 122 valence electrons. The number of amides is 1. The smallest absolute Gasteiger partial charge is 0.265 e. The van der Waals surface area contributed by atoms with E-state index in [-0.39, 0.29) is 5.91 Å². The normalized spacial score (nSPS) is 11.9. The Hall–Kier alpha value is -1.71. The summed E-state index contributed by atoms with van der Waals surface area (Å²) in [7, 11) is 0. The van der Waals surface area contributed by atoms with Crippen LogP contribution in [0.5, 0.6) is 5.75 Å². The van der Waals surface area contributed by atoms with Gasteiger partial charge in [-0.3, -0.25) is 4.79 Å². The summed E-state index contributed by atoms with van der Waals surface area (Å²) in [5.74, 6) is 0.379. The molecule has 2 aromatic carbocycles. The molecule has 3 nitrogen and oxygen atoms in total. The molecule has 0 aliphatic rings. The maximum atomic E-state index is 12.2. The summed E-state index contributed by atoms with van der Waals surface area (Å²) in [6.45, 7) is 7.41. The van der Waals surface area contributed by atoms with Gasteiger partial charge in [0.2, 0.25) is 0 Å². The first-order valence-electron chi connectivity index (χ1n) is 7.28. The maximum Gasteiger partial charge on any atom is 0.265 e. The van der Waals surface area contributed by atoms with E-state index in [1.165, 1.54) is 0 Å². The van der Waals surface area contributed by atoms with Gasteiger partial charge in [0.15, 0.2) is 6.10 Å². The molecule has 0 aliphatic carbocycles. The number of aryl methyl sites for hydroxylation is 3. The molecule has 0 spiro atoms. The van der Waals surface area contributed by atoms with E-state index in [0.717, 1.165) is 16.7 Å². The standard InChI is InChI=1S/C18H19Cl2NO2/c1-10-5-6-14(9-16(10)19)21-18(22)13(4)23-15-7-11(2)17(20)12(3)8-15/h5-9,13H,1-4H3,(H,21,22). The van der Waals surface area contributed by atoms with Crippen LogP contribution >= 0.6 is 23.2 Å². The van der Waals surface area contributed by atoms with Gasteiger partial charge in [-0.05, 0) is 68.7 Å². The molecule has 2 aromatic rings. The highest BCUT2D eigenvalue weighted by molar-refractivity contribution is 6.32. The van der Waals surface area contributed by atoms with E-state index in [0.29, 0.717) is 21.5 Å². The number of rotatable bonds is 4. The van der Waals surface area contributed by atoms with Crippen LogP contribution in [0.4, 0.5) is 5.69 Å². The lowest BCUT2D eigenvalue weighted by molar-refractivity contribution is -0.122. The van der Waals surface area contributed by atoms with Crippen molar-refractivity contribution in [2.24, 2.45) is 0 Å². The molecular formula is C18H19Cl2NO2. The zero-order valence-electron chi connectivity index (χ0n) is 13.5. The van der Waals surface area contributed by atoms with Crippen LogP contribution in [0.25, 0.3) is 0 Å². The average molecular weight is 352 g/mol. The number of nitrogens with one attached hydrogen (secondary N) is 1. The van der Waals surface area contributed by atoms with E-state index >= 15 is 0 Å². The number of ether oxygens (including phenoxy) is 1. The number of carbonyl (C=O) groups is 1. The van der Waals surface area contributed by atoms with Crippen LogP contribution < -0.4 is 10.1 Å². The second-order valence-corrected chi connectivity index (χ2v) is 6.37. The van der Waals surface area contributed by atoms with Gasteiger partial charge >= 0.3 is 0 Å². The first kappa shape index (κ1) is 17.6. The molecule has 23 heavy (non-hydrogen) atoms. The van der Waals surface area contributed by atoms with Crippen molar-refractivity contribution in [3.8, 4) is 5.75 Å². The molecule has 1 atom stereocenters. The number of carbonyl (C=O) groups excluding carboxylic acids is 1. The van der Waals surface area contributed by atoms with Crippen molar-refractivity contribution in [1.82, 2.24) is 0 Å². The van der Waals surface area contributed by atoms with Gasteiger partial charge in [0, 0.05) is 15.7 Å². The van der Waals surface area contributed by atoms with Crippen molar-refractivity contribution < 1.29 is 9.53 Å². The van der Waals surface area contributed by atoms with Crippen molar-refractivity contribution >= 4 is 34.8 Å². The van der Waals surface area contributed by atoms with Crippen molar-refractivity contribution in [3.63, 3.8) is 0 Å². The summed E-state index contributed by atoms with van der Waals surface area (Å²) >= 11 is 12.2. The Morgan fingerprint density at radius 3 is 2.22 bits per heavy atom. The molecule has 0 bridgehead atoms. The largest absolute Gasteiger partial charge is 0.481 e. The Morgan fingerprint density at radius 1 is 1.04 bits per heavy atom. The van der Waals surface area contributed by atoms with E-state index in [1.54, 1.807) is 13.0 Å². The molecule has 1 unspecified atom stereocenters. The Kier molecular flexibility index (Phi) is 5.55. The van der Waals surface area contributed by atoms with Crippen LogP contribution in [-0.2, 0) is 4.79 Å². The third-order valence-corrected chi connectivity index (χ3v) is 4.53. The summed E-state index contributed by atoms with van der Waals surface area (Å²) in [6.07, 6.45) is -0.643. The highest BCUT2D eigenvalue weighted by Crippen LogP contribution is 2.26. The molecule has 1 N–H and O–H groups in total. The monoisotopic (exact) mass is 351 g/mol. The highest BCUT2D eigenvalue weighted by Gasteiger charge is 2.16. The number of halogens is 2. The van der Waals surface area contributed by atoms with Crippen LogP contribution in [0.1, 0.15) is 23.6 Å². The molecule has 0 heterocycles. The minimum Gasteiger partial charge on any atom is -0.481 e. The zero-order chi connectivity index (χ0) is 17.1. The maximum absolute atomic E-state index is 12.2. The lowest BCUT2D eigenvalue weighted by Gasteiger charge is -2.16. The molecule has 0 radical (unpaired) electrons. The third-order valence-electron chi connectivity index (χ3n) is 3.53. The molecule has 0 saturated heterocycles. The Balaban J connectivity index is 2.06. The summed E-state index contributed by atoms with van der Waals surface area (Å²) in [5, 5.41) is 4.12. The fourth-order valence-corrected chi connectivity index (χ4v) is 2.44. The number of hydrogen-bond acceptors (Lipinski definition) is 2. The van der Waals surface area contributed by atoms with Gasteiger partial charge in [-0.25, -0.2) is 0 Å². The van der Waals surface area contributed by atoms with Crippen LogP contribution in [-0.4, -0.2) is 12.0 Å². The highest BCUT2D eigenvalue weighted by atomic mass is 35.5. The van der Waals surface area contributed by atoms with Gasteiger partial charge in [0.05, 0.1) is 0 Å². The van der Waals surface area contributed by atoms with Gasteiger partial charge in [-0.15, -0.1) is 0 Å². The predicted molar refractivity (Wildman–Crippen MR) is 95.8 cm³/mol. The first-order valence-corrected chi connectivity index (χ1v) is 8.04. The summed E-state index contributed by atoms with van der Waals surface area (Å²) < 4.78 is 5.72. The quantitative estimate of drug-likeness (QED) is 0.808. The predicted octanol–water partition coefficient (Wildman–Crippen LogP) is 5.32. The summed E-state index contributed by atoms with van der Waals surface area (Å²) in [6, 6.07) is 9.03. The van der Waals surface area contributed by atoms with Gasteiger partial charge < -0.3 is 10.1 Å². The summed E-state index contributed by atoms with van der Waals surface area (Å²) in [5.41, 5.74) is 3.43. The Bertz CT molecular complexity index is 721. The van der Waals surface area contributed by atoms with Crippen molar-refractivity contribution in [2.75, 3.05) is 5.32 Å². The molecular weight excluding hydrogens is 333 g/mol. The van der Waals surface area contributed by atoms with Crippen LogP contribution in [0.2, 0.25) is 10.0 Å². The van der Waals surface area contributed by atoms with Crippen LogP contribution in [0.3, 0.4) is 0 Å². The molecule has 1 amide bonds. The number of hydrogen-bond donors (Lipinski definition) is 1. The zero-order valence-corrected chi connectivity index (χ0v) is 15.0. The minimum atomic E-state index is -0.643. The third kappa shape index (κ3) is 4.40. The Labute approximate surface area is 146 Å². The molecule has 0 aliphatic heterocycles. The molecule has 0 aromatic heterocycles. The lowest BCUT2D eigenvalue weighted by atomic mass is 10.1. The van der Waals surface area contributed by atoms with Crippen molar-refractivity contribution in [3.05, 3.63) is 57.1 Å². The van der Waals surface area contributed by atoms with Crippen LogP contribution in [0, 0.1) is 20.8 Å². The summed E-state index contributed by atoms with van der Waals surface area (Å²) in [4.78, 5) is 12.2. The van der Waals surface area contributed by atoms with E-state index in [1.807, 2.05) is 45.0 Å². The van der Waals surface area contributed by atoms with E-state index in [9.17, 15) is 4.79 Å². The molecule has 2 rings (SSSR count). The molecule has 0 fully saturated rings. The Morgan fingerprint density at radius 2 is 1.65 bits per heavy atom. The van der Waals surface area contributed by atoms with E-state index < -0.39 is 6.10 Å². The SMILES string of the molecule is Cc1ccc(NC(=O)C(C)Oc2cc(C)c(Cl)c(C)c2)cc1Cl. The first-order chi connectivity index (χ1) is 10.8. The number of benzene rings is 2. The fourth-order valence-electron chi connectivity index (χ4n) is 2.15. The van der Waals surface area contributed by atoms with E-state index in [4.69, 9.17) is 27.9 Å². The van der Waals surface area contributed by atoms with Crippen molar-refractivity contribution in [2.45, 2.75) is 33.8 Å². The average Bonchev–Trinajstić information content (AvgIpc) is 2.48. The van der Waals surface area contributed by atoms with Crippen molar-refractivity contribution in [1.29, 1.82) is 0 Å². The topological polar surface area (TPSA) is 38.3 Å². The minimum absolute atomic E-state index is 0.241. The molecule has 5 heteroatoms. The van der Waals surface area contributed by atoms with Crippen LogP contribution in [0.15, 0.2) is 30.3 Å². The van der Waals surface area contributed by atoms with E-state index in [2.05, 4.69) is 5.32 Å². The van der Waals surface area contributed by atoms with Gasteiger partial charge in [0.1, 0.15) is 5.75 Å². The fraction of sp³-hybridized carbons (Fsp3) is 0.278. The van der Waals surface area contributed by atoms with Gasteiger partial charge in [-0.1, -0.05) is 29.3 Å². The second-order valence-electron chi connectivity index (χ2n) is 5.58. The number of anilines is 1. The molecule has 0 saturated carbocycles. The van der Waals surface area contributed by atoms with Gasteiger partial charge in [0.25, 0.3) is 5.91 Å². The second kappa shape index (κ2) is 7.24.